The molecule has 0 spiro atoms. The fourth-order valence-electron chi connectivity index (χ4n) is 2.38. The van der Waals surface area contributed by atoms with Crippen LogP contribution in [0.15, 0.2) is 30.6 Å². The minimum absolute atomic E-state index is 0.103. The van der Waals surface area contributed by atoms with Gasteiger partial charge in [-0.1, -0.05) is 12.1 Å². The standard InChI is InChI=1S/C15H18N6O/c1-9(10-4-6-11(22-3)7-5-10)21(2)14-12-13(18-8-17-12)19-15(16)20-14/h4-9H,1-3H3,(H3,16,17,18,19,20)/t9-/m1/s1. The number of aromatic amines is 1. The third kappa shape index (κ3) is 2.41. The third-order valence-corrected chi connectivity index (χ3v) is 3.80. The molecule has 22 heavy (non-hydrogen) atoms. The number of anilines is 2. The number of H-pyrrole nitrogens is 1. The number of hydrogen-bond donors (Lipinski definition) is 2. The molecule has 0 aliphatic rings. The molecule has 0 fully saturated rings. The van der Waals surface area contributed by atoms with Crippen LogP contribution in [0.2, 0.25) is 0 Å². The van der Waals surface area contributed by atoms with Gasteiger partial charge in [-0.05, 0) is 24.6 Å². The van der Waals surface area contributed by atoms with Gasteiger partial charge in [0.05, 0.1) is 19.5 Å². The number of nitrogen functional groups attached to an aromatic ring is 1. The molecule has 0 radical (unpaired) electrons. The van der Waals surface area contributed by atoms with E-state index in [1.54, 1.807) is 13.4 Å². The van der Waals surface area contributed by atoms with Crippen LogP contribution in [0, 0.1) is 0 Å². The van der Waals surface area contributed by atoms with Crippen LogP contribution < -0.4 is 15.4 Å². The van der Waals surface area contributed by atoms with Crippen LogP contribution >= 0.6 is 0 Å². The number of nitrogens with zero attached hydrogens (tertiary/aromatic N) is 4. The van der Waals surface area contributed by atoms with E-state index in [1.807, 2.05) is 36.2 Å². The number of nitrogens with two attached hydrogens (primary N) is 1. The number of hydrogen-bond acceptors (Lipinski definition) is 6. The highest BCUT2D eigenvalue weighted by Gasteiger charge is 2.18. The SMILES string of the molecule is COc1ccc([C@@H](C)N(C)c2nc(N)nc3nc[nH]c23)cc1. The van der Waals surface area contributed by atoms with E-state index in [-0.39, 0.29) is 12.0 Å². The molecule has 0 saturated carbocycles. The summed E-state index contributed by atoms with van der Waals surface area (Å²) in [4.78, 5) is 17.7. The van der Waals surface area contributed by atoms with Gasteiger partial charge in [0, 0.05) is 7.05 Å². The molecule has 7 nitrogen and oxygen atoms in total. The quantitative estimate of drug-likeness (QED) is 0.766. The Morgan fingerprint density at radius 3 is 2.64 bits per heavy atom. The second-order valence-corrected chi connectivity index (χ2v) is 5.07. The van der Waals surface area contributed by atoms with Gasteiger partial charge in [0.2, 0.25) is 5.95 Å². The van der Waals surface area contributed by atoms with Crippen LogP contribution in [-0.2, 0) is 0 Å². The van der Waals surface area contributed by atoms with E-state index in [9.17, 15) is 0 Å². The molecule has 1 atom stereocenters. The molecule has 0 unspecified atom stereocenters. The van der Waals surface area contributed by atoms with E-state index in [1.165, 1.54) is 0 Å². The van der Waals surface area contributed by atoms with Gasteiger partial charge in [0.15, 0.2) is 11.5 Å². The van der Waals surface area contributed by atoms with Crippen molar-refractivity contribution >= 4 is 22.9 Å². The van der Waals surface area contributed by atoms with E-state index in [0.29, 0.717) is 5.65 Å². The van der Waals surface area contributed by atoms with Crippen LogP contribution in [0.4, 0.5) is 11.8 Å². The molecule has 2 aromatic heterocycles. The molecule has 0 amide bonds. The lowest BCUT2D eigenvalue weighted by Gasteiger charge is -2.26. The van der Waals surface area contributed by atoms with Gasteiger partial charge in [-0.2, -0.15) is 9.97 Å². The number of fused-ring (bicyclic) bond motifs is 1. The largest absolute Gasteiger partial charge is 0.497 e. The normalized spacial score (nSPS) is 12.3. The zero-order chi connectivity index (χ0) is 15.7. The molecular formula is C15H18N6O. The second kappa shape index (κ2) is 5.51. The van der Waals surface area contributed by atoms with Crippen LogP contribution in [0.3, 0.4) is 0 Å². The Hall–Kier alpha value is -2.83. The topological polar surface area (TPSA) is 92.9 Å². The van der Waals surface area contributed by atoms with Crippen molar-refractivity contribution < 1.29 is 4.74 Å². The number of ether oxygens (including phenoxy) is 1. The number of nitrogens with one attached hydrogen (secondary N) is 1. The lowest BCUT2D eigenvalue weighted by atomic mass is 10.1. The summed E-state index contributed by atoms with van der Waals surface area (Å²) in [5.74, 6) is 1.77. The highest BCUT2D eigenvalue weighted by Crippen LogP contribution is 2.29. The average molecular weight is 298 g/mol. The summed E-state index contributed by atoms with van der Waals surface area (Å²) in [6, 6.07) is 8.06. The van der Waals surface area contributed by atoms with E-state index >= 15 is 0 Å². The number of rotatable bonds is 4. The van der Waals surface area contributed by atoms with Crippen molar-refractivity contribution in [2.24, 2.45) is 0 Å². The van der Waals surface area contributed by atoms with E-state index < -0.39 is 0 Å². The molecule has 7 heteroatoms. The van der Waals surface area contributed by atoms with Crippen molar-refractivity contribution in [3.63, 3.8) is 0 Å². The van der Waals surface area contributed by atoms with Crippen LogP contribution in [0.25, 0.3) is 11.2 Å². The number of aromatic nitrogens is 4. The van der Waals surface area contributed by atoms with Gasteiger partial charge in [-0.15, -0.1) is 0 Å². The van der Waals surface area contributed by atoms with Crippen molar-refractivity contribution in [2.45, 2.75) is 13.0 Å². The van der Waals surface area contributed by atoms with E-state index in [2.05, 4.69) is 26.9 Å². The molecule has 3 aromatic rings. The van der Waals surface area contributed by atoms with Crippen molar-refractivity contribution in [1.29, 1.82) is 0 Å². The molecule has 0 saturated heterocycles. The van der Waals surface area contributed by atoms with Gasteiger partial charge in [0.25, 0.3) is 0 Å². The summed E-state index contributed by atoms with van der Waals surface area (Å²) in [5.41, 5.74) is 8.27. The van der Waals surface area contributed by atoms with Crippen molar-refractivity contribution in [3.05, 3.63) is 36.2 Å². The smallest absolute Gasteiger partial charge is 0.224 e. The highest BCUT2D eigenvalue weighted by atomic mass is 16.5. The Bertz CT molecular complexity index is 782. The zero-order valence-corrected chi connectivity index (χ0v) is 12.7. The fraction of sp³-hybridized carbons (Fsp3) is 0.267. The molecule has 0 bridgehead atoms. The first-order valence-corrected chi connectivity index (χ1v) is 6.93. The molecule has 0 aliphatic carbocycles. The average Bonchev–Trinajstić information content (AvgIpc) is 3.01. The van der Waals surface area contributed by atoms with Gasteiger partial charge in [-0.3, -0.25) is 0 Å². The Morgan fingerprint density at radius 2 is 1.95 bits per heavy atom. The summed E-state index contributed by atoms with van der Waals surface area (Å²) in [7, 11) is 3.63. The minimum Gasteiger partial charge on any atom is -0.497 e. The maximum Gasteiger partial charge on any atom is 0.224 e. The van der Waals surface area contributed by atoms with Crippen molar-refractivity contribution in [3.8, 4) is 5.75 Å². The monoisotopic (exact) mass is 298 g/mol. The number of imidazole rings is 1. The van der Waals surface area contributed by atoms with Gasteiger partial charge < -0.3 is 20.4 Å². The van der Waals surface area contributed by atoms with Crippen LogP contribution in [0.1, 0.15) is 18.5 Å². The lowest BCUT2D eigenvalue weighted by Crippen LogP contribution is -2.23. The molecule has 3 N–H and O–H groups in total. The summed E-state index contributed by atoms with van der Waals surface area (Å²) in [6.45, 7) is 2.10. The summed E-state index contributed by atoms with van der Waals surface area (Å²) >= 11 is 0. The van der Waals surface area contributed by atoms with Gasteiger partial charge in [0.1, 0.15) is 11.3 Å². The minimum atomic E-state index is 0.103. The summed E-state index contributed by atoms with van der Waals surface area (Å²) in [5, 5.41) is 0. The molecule has 2 heterocycles. The first-order valence-electron chi connectivity index (χ1n) is 6.93. The Kier molecular flexibility index (Phi) is 3.54. The molecule has 0 aliphatic heterocycles. The third-order valence-electron chi connectivity index (χ3n) is 3.80. The highest BCUT2D eigenvalue weighted by molar-refractivity contribution is 5.84. The Morgan fingerprint density at radius 1 is 1.23 bits per heavy atom. The Labute approximate surface area is 128 Å². The zero-order valence-electron chi connectivity index (χ0n) is 12.7. The van der Waals surface area contributed by atoms with Crippen molar-refractivity contribution in [1.82, 2.24) is 19.9 Å². The fourth-order valence-corrected chi connectivity index (χ4v) is 2.38. The maximum absolute atomic E-state index is 5.78. The second-order valence-electron chi connectivity index (χ2n) is 5.07. The Balaban J connectivity index is 1.97. The van der Waals surface area contributed by atoms with Crippen LogP contribution in [0.5, 0.6) is 5.75 Å². The predicted molar refractivity (Wildman–Crippen MR) is 85.9 cm³/mol. The van der Waals surface area contributed by atoms with Gasteiger partial charge >= 0.3 is 0 Å². The molecular weight excluding hydrogens is 280 g/mol. The first-order chi connectivity index (χ1) is 10.6. The number of methoxy groups -OCH3 is 1. The van der Waals surface area contributed by atoms with Crippen molar-refractivity contribution in [2.75, 3.05) is 24.8 Å². The van der Waals surface area contributed by atoms with Crippen LogP contribution in [-0.4, -0.2) is 34.1 Å². The van der Waals surface area contributed by atoms with E-state index in [0.717, 1.165) is 22.6 Å². The maximum atomic E-state index is 5.78. The first kappa shape index (κ1) is 14.1. The van der Waals surface area contributed by atoms with E-state index in [4.69, 9.17) is 10.5 Å². The predicted octanol–water partition coefficient (Wildman–Crippen LogP) is 2.14. The molecule has 3 rings (SSSR count). The molecule has 114 valence electrons. The summed E-state index contributed by atoms with van der Waals surface area (Å²) in [6.07, 6.45) is 1.59. The lowest BCUT2D eigenvalue weighted by molar-refractivity contribution is 0.414. The number of benzene rings is 1. The van der Waals surface area contributed by atoms with Gasteiger partial charge in [-0.25, -0.2) is 4.98 Å². The molecule has 1 aromatic carbocycles. The summed E-state index contributed by atoms with van der Waals surface area (Å²) < 4.78 is 5.19.